The average molecular weight is 336 g/mol. The van der Waals surface area contributed by atoms with Gasteiger partial charge in [0.15, 0.2) is 5.82 Å². The van der Waals surface area contributed by atoms with Gasteiger partial charge in [-0.05, 0) is 26.7 Å². The molecule has 0 saturated carbocycles. The zero-order chi connectivity index (χ0) is 16.2. The molecule has 124 valence electrons. The van der Waals surface area contributed by atoms with E-state index in [-0.39, 0.29) is 12.0 Å². The van der Waals surface area contributed by atoms with Gasteiger partial charge in [-0.1, -0.05) is 5.16 Å². The second kappa shape index (κ2) is 7.18. The monoisotopic (exact) mass is 336 g/mol. The second-order valence-corrected chi connectivity index (χ2v) is 6.97. The minimum Gasteiger partial charge on any atom is -0.368 e. The van der Waals surface area contributed by atoms with Crippen LogP contribution in [0.25, 0.3) is 0 Å². The molecule has 1 aliphatic heterocycles. The van der Waals surface area contributed by atoms with Crippen molar-refractivity contribution in [3.05, 3.63) is 27.3 Å². The molecule has 23 heavy (non-hydrogen) atoms. The molecule has 8 heteroatoms. The highest BCUT2D eigenvalue weighted by Gasteiger charge is 2.23. The molecule has 1 fully saturated rings. The number of hydrogen-bond donors (Lipinski definition) is 1. The molecule has 0 radical (unpaired) electrons. The Balaban J connectivity index is 1.44. The molecule has 3 rings (SSSR count). The van der Waals surface area contributed by atoms with E-state index in [0.717, 1.165) is 35.0 Å². The van der Waals surface area contributed by atoms with Gasteiger partial charge in [-0.3, -0.25) is 4.79 Å². The summed E-state index contributed by atoms with van der Waals surface area (Å²) in [4.78, 5) is 21.7. The Hall–Kier alpha value is -1.80. The fourth-order valence-electron chi connectivity index (χ4n) is 2.54. The molecule has 0 spiro atoms. The third-order valence-corrected chi connectivity index (χ3v) is 4.62. The number of carbonyl (C=O) groups excluding carboxylic acids is 1. The molecule has 2 aromatic heterocycles. The SMILES string of the molecule is Cc1nc(CC(=O)NCCc2noc(C3CCCO3)n2)c(C)s1. The predicted octanol–water partition coefficient (Wildman–Crippen LogP) is 1.90. The number of thiazole rings is 1. The first-order valence-electron chi connectivity index (χ1n) is 7.75. The van der Waals surface area contributed by atoms with E-state index >= 15 is 0 Å². The minimum absolute atomic E-state index is 0.0405. The van der Waals surface area contributed by atoms with Crippen molar-refractivity contribution in [1.82, 2.24) is 20.4 Å². The molecule has 1 saturated heterocycles. The predicted molar refractivity (Wildman–Crippen MR) is 84.2 cm³/mol. The second-order valence-electron chi connectivity index (χ2n) is 5.56. The summed E-state index contributed by atoms with van der Waals surface area (Å²) in [7, 11) is 0. The van der Waals surface area contributed by atoms with Crippen LogP contribution in [0.2, 0.25) is 0 Å². The lowest BCUT2D eigenvalue weighted by atomic mass is 10.2. The number of aromatic nitrogens is 3. The van der Waals surface area contributed by atoms with E-state index in [9.17, 15) is 4.79 Å². The Bertz CT molecular complexity index is 676. The van der Waals surface area contributed by atoms with Crippen LogP contribution in [0, 0.1) is 13.8 Å². The summed E-state index contributed by atoms with van der Waals surface area (Å²) >= 11 is 1.61. The van der Waals surface area contributed by atoms with Crippen LogP contribution in [0.5, 0.6) is 0 Å². The summed E-state index contributed by atoms with van der Waals surface area (Å²) in [5.41, 5.74) is 0.852. The first kappa shape index (κ1) is 16.1. The standard InChI is InChI=1S/C15H20N4O3S/c1-9-11(17-10(2)23-9)8-14(20)16-6-5-13-18-15(22-19-13)12-4-3-7-21-12/h12H,3-8H2,1-2H3,(H,16,20). The van der Waals surface area contributed by atoms with Crippen molar-refractivity contribution in [3.8, 4) is 0 Å². The normalized spacial score (nSPS) is 17.6. The van der Waals surface area contributed by atoms with Crippen LogP contribution < -0.4 is 5.32 Å². The van der Waals surface area contributed by atoms with Gasteiger partial charge in [0, 0.05) is 24.4 Å². The van der Waals surface area contributed by atoms with Crippen molar-refractivity contribution in [2.24, 2.45) is 0 Å². The number of aryl methyl sites for hydroxylation is 2. The summed E-state index contributed by atoms with van der Waals surface area (Å²) in [6.45, 7) is 5.15. The van der Waals surface area contributed by atoms with Gasteiger partial charge < -0.3 is 14.6 Å². The van der Waals surface area contributed by atoms with E-state index in [1.807, 2.05) is 13.8 Å². The van der Waals surface area contributed by atoms with Crippen molar-refractivity contribution in [1.29, 1.82) is 0 Å². The number of rotatable bonds is 6. The van der Waals surface area contributed by atoms with Gasteiger partial charge in [0.2, 0.25) is 5.91 Å². The van der Waals surface area contributed by atoms with Crippen LogP contribution in [0.3, 0.4) is 0 Å². The van der Waals surface area contributed by atoms with Crippen molar-refractivity contribution >= 4 is 17.2 Å². The number of carbonyl (C=O) groups is 1. The first-order chi connectivity index (χ1) is 11.1. The summed E-state index contributed by atoms with van der Waals surface area (Å²) < 4.78 is 10.7. The molecule has 3 heterocycles. The van der Waals surface area contributed by atoms with E-state index < -0.39 is 0 Å². The van der Waals surface area contributed by atoms with Gasteiger partial charge in [0.25, 0.3) is 5.89 Å². The molecule has 1 atom stereocenters. The van der Waals surface area contributed by atoms with Crippen LogP contribution in [-0.2, 0) is 22.4 Å². The molecule has 0 aromatic carbocycles. The summed E-state index contributed by atoms with van der Waals surface area (Å²) in [6.07, 6.45) is 2.72. The van der Waals surface area contributed by atoms with Gasteiger partial charge in [-0.15, -0.1) is 11.3 Å². The van der Waals surface area contributed by atoms with Crippen LogP contribution in [0.4, 0.5) is 0 Å². The van der Waals surface area contributed by atoms with E-state index in [1.165, 1.54) is 0 Å². The third-order valence-electron chi connectivity index (χ3n) is 3.69. The van der Waals surface area contributed by atoms with Crippen LogP contribution in [0.15, 0.2) is 4.52 Å². The Morgan fingerprint density at radius 3 is 2.96 bits per heavy atom. The van der Waals surface area contributed by atoms with Crippen molar-refractivity contribution in [2.75, 3.05) is 13.2 Å². The maximum absolute atomic E-state index is 11.9. The lowest BCUT2D eigenvalue weighted by Crippen LogP contribution is -2.27. The summed E-state index contributed by atoms with van der Waals surface area (Å²) in [6, 6.07) is 0. The van der Waals surface area contributed by atoms with E-state index in [0.29, 0.717) is 31.1 Å². The highest BCUT2D eigenvalue weighted by Crippen LogP contribution is 2.26. The fourth-order valence-corrected chi connectivity index (χ4v) is 3.37. The van der Waals surface area contributed by atoms with Gasteiger partial charge in [0.1, 0.15) is 6.10 Å². The van der Waals surface area contributed by atoms with Crippen LogP contribution in [-0.4, -0.2) is 34.2 Å². The maximum atomic E-state index is 11.9. The number of amides is 1. The molecular formula is C15H20N4O3S. The average Bonchev–Trinajstić information content (AvgIpc) is 3.21. The molecule has 1 unspecified atom stereocenters. The molecule has 0 bridgehead atoms. The van der Waals surface area contributed by atoms with Gasteiger partial charge in [0.05, 0.1) is 17.1 Å². The number of ether oxygens (including phenoxy) is 1. The highest BCUT2D eigenvalue weighted by molar-refractivity contribution is 7.11. The lowest BCUT2D eigenvalue weighted by molar-refractivity contribution is -0.120. The van der Waals surface area contributed by atoms with Gasteiger partial charge in [-0.25, -0.2) is 4.98 Å². The Morgan fingerprint density at radius 2 is 2.26 bits per heavy atom. The molecular weight excluding hydrogens is 316 g/mol. The fraction of sp³-hybridized carbons (Fsp3) is 0.600. The largest absolute Gasteiger partial charge is 0.368 e. The van der Waals surface area contributed by atoms with Crippen molar-refractivity contribution in [2.45, 2.75) is 45.6 Å². The van der Waals surface area contributed by atoms with Crippen LogP contribution in [0.1, 0.15) is 46.2 Å². The number of hydrogen-bond acceptors (Lipinski definition) is 7. The Morgan fingerprint density at radius 1 is 1.39 bits per heavy atom. The molecule has 2 aromatic rings. The zero-order valence-electron chi connectivity index (χ0n) is 13.3. The zero-order valence-corrected chi connectivity index (χ0v) is 14.1. The first-order valence-corrected chi connectivity index (χ1v) is 8.57. The lowest BCUT2D eigenvalue weighted by Gasteiger charge is -2.02. The Kier molecular flexibility index (Phi) is 5.02. The van der Waals surface area contributed by atoms with E-state index in [1.54, 1.807) is 11.3 Å². The molecule has 1 aliphatic rings. The van der Waals surface area contributed by atoms with E-state index in [2.05, 4.69) is 20.4 Å². The van der Waals surface area contributed by atoms with Gasteiger partial charge in [-0.2, -0.15) is 4.98 Å². The van der Waals surface area contributed by atoms with Gasteiger partial charge >= 0.3 is 0 Å². The third kappa shape index (κ3) is 4.14. The van der Waals surface area contributed by atoms with E-state index in [4.69, 9.17) is 9.26 Å². The quantitative estimate of drug-likeness (QED) is 0.866. The maximum Gasteiger partial charge on any atom is 0.255 e. The van der Waals surface area contributed by atoms with Crippen molar-refractivity contribution in [3.63, 3.8) is 0 Å². The summed E-state index contributed by atoms with van der Waals surface area (Å²) in [5.74, 6) is 1.09. The minimum atomic E-state index is -0.0679. The molecule has 1 N–H and O–H groups in total. The topological polar surface area (TPSA) is 90.1 Å². The number of nitrogens with one attached hydrogen (secondary N) is 1. The molecule has 7 nitrogen and oxygen atoms in total. The highest BCUT2D eigenvalue weighted by atomic mass is 32.1. The number of nitrogens with zero attached hydrogens (tertiary/aromatic N) is 3. The Labute approximate surface area is 138 Å². The molecule has 0 aliphatic carbocycles. The van der Waals surface area contributed by atoms with Crippen LogP contribution >= 0.6 is 11.3 Å². The smallest absolute Gasteiger partial charge is 0.255 e. The molecule has 1 amide bonds. The van der Waals surface area contributed by atoms with Crippen molar-refractivity contribution < 1.29 is 14.1 Å². The summed E-state index contributed by atoms with van der Waals surface area (Å²) in [5, 5.41) is 7.78.